The third kappa shape index (κ3) is 2.80. The number of aryl methyl sites for hydroxylation is 1. The van der Waals surface area contributed by atoms with E-state index in [2.05, 4.69) is 9.55 Å². The van der Waals surface area contributed by atoms with Crippen LogP contribution in [0.2, 0.25) is 0 Å². The van der Waals surface area contributed by atoms with Crippen molar-refractivity contribution in [1.82, 2.24) is 14.5 Å². The van der Waals surface area contributed by atoms with Gasteiger partial charge in [0.15, 0.2) is 5.65 Å². The van der Waals surface area contributed by atoms with Gasteiger partial charge in [0, 0.05) is 31.3 Å². The van der Waals surface area contributed by atoms with Gasteiger partial charge in [-0.15, -0.1) is 0 Å². The van der Waals surface area contributed by atoms with E-state index in [0.717, 1.165) is 28.3 Å². The molecule has 0 aliphatic heterocycles. The zero-order chi connectivity index (χ0) is 15.4. The highest BCUT2D eigenvalue weighted by Gasteiger charge is 2.13. The highest BCUT2D eigenvalue weighted by Crippen LogP contribution is 2.23. The molecule has 0 radical (unpaired) electrons. The molecule has 1 aromatic carbocycles. The van der Waals surface area contributed by atoms with Gasteiger partial charge in [-0.3, -0.25) is 0 Å². The molecule has 1 N–H and O–H groups in total. The van der Waals surface area contributed by atoms with Crippen molar-refractivity contribution in [2.45, 2.75) is 19.4 Å². The van der Waals surface area contributed by atoms with Crippen LogP contribution in [0.1, 0.15) is 17.8 Å². The van der Waals surface area contributed by atoms with E-state index in [0.29, 0.717) is 19.4 Å². The van der Waals surface area contributed by atoms with E-state index in [9.17, 15) is 0 Å². The van der Waals surface area contributed by atoms with Crippen molar-refractivity contribution in [2.75, 3.05) is 13.7 Å². The second-order valence-electron chi connectivity index (χ2n) is 5.09. The lowest BCUT2D eigenvalue weighted by molar-refractivity contribution is 0.280. The van der Waals surface area contributed by atoms with Crippen molar-refractivity contribution >= 4 is 11.2 Å². The molecule has 0 amide bonds. The summed E-state index contributed by atoms with van der Waals surface area (Å²) >= 11 is 0. The van der Waals surface area contributed by atoms with Gasteiger partial charge in [-0.1, -0.05) is 18.2 Å². The normalized spacial score (nSPS) is 11.0. The molecule has 0 aliphatic rings. The molecule has 0 bridgehead atoms. The number of pyridine rings is 1. The Labute approximate surface area is 129 Å². The number of nitrogens with zero attached hydrogens (tertiary/aromatic N) is 3. The minimum atomic E-state index is 0.153. The molecular formula is C17H19N3O2. The molecule has 0 aliphatic carbocycles. The highest BCUT2D eigenvalue weighted by atomic mass is 16.5. The van der Waals surface area contributed by atoms with Gasteiger partial charge >= 0.3 is 0 Å². The maximum absolute atomic E-state index is 9.13. The first-order chi connectivity index (χ1) is 10.8. The minimum absolute atomic E-state index is 0.153. The molecule has 0 saturated carbocycles. The van der Waals surface area contributed by atoms with Gasteiger partial charge in [0.25, 0.3) is 0 Å². The van der Waals surface area contributed by atoms with Crippen molar-refractivity contribution in [3.8, 4) is 5.75 Å². The van der Waals surface area contributed by atoms with Gasteiger partial charge in [-0.05, 0) is 24.6 Å². The smallest absolute Gasteiger partial charge is 0.159 e. The van der Waals surface area contributed by atoms with Crippen LogP contribution in [-0.2, 0) is 13.0 Å². The summed E-state index contributed by atoms with van der Waals surface area (Å²) in [6.07, 6.45) is 3.12. The SMILES string of the molecule is COc1ccccc1Cc1nc2cccnc2n1CCCO. The van der Waals surface area contributed by atoms with Crippen molar-refractivity contribution in [2.24, 2.45) is 0 Å². The Balaban J connectivity index is 2.02. The van der Waals surface area contributed by atoms with Crippen LogP contribution in [0, 0.1) is 0 Å². The third-order valence-corrected chi connectivity index (χ3v) is 3.66. The predicted octanol–water partition coefficient (Wildman–Crippen LogP) is 2.41. The van der Waals surface area contributed by atoms with Crippen LogP contribution in [0.3, 0.4) is 0 Å². The predicted molar refractivity (Wildman–Crippen MR) is 85.0 cm³/mol. The summed E-state index contributed by atoms with van der Waals surface area (Å²) in [6, 6.07) is 11.8. The van der Waals surface area contributed by atoms with Crippen LogP contribution in [0.15, 0.2) is 42.6 Å². The Bertz CT molecular complexity index is 767. The largest absolute Gasteiger partial charge is 0.496 e. The van der Waals surface area contributed by atoms with Crippen molar-refractivity contribution in [3.05, 3.63) is 54.0 Å². The Kier molecular flexibility index (Phi) is 4.34. The second-order valence-corrected chi connectivity index (χ2v) is 5.09. The van der Waals surface area contributed by atoms with Gasteiger partial charge in [-0.2, -0.15) is 0 Å². The molecule has 2 heterocycles. The molecule has 3 rings (SSSR count). The van der Waals surface area contributed by atoms with Crippen LogP contribution in [0.4, 0.5) is 0 Å². The standard InChI is InChI=1S/C17H19N3O2/c1-22-15-8-3-2-6-13(15)12-16-19-14-7-4-9-18-17(14)20(16)10-5-11-21/h2-4,6-9,21H,5,10-12H2,1H3. The number of hydrogen-bond donors (Lipinski definition) is 1. The number of ether oxygens (including phenoxy) is 1. The average Bonchev–Trinajstić information content (AvgIpc) is 2.90. The minimum Gasteiger partial charge on any atom is -0.496 e. The van der Waals surface area contributed by atoms with Crippen molar-refractivity contribution in [1.29, 1.82) is 0 Å². The fraction of sp³-hybridized carbons (Fsp3) is 0.294. The zero-order valence-electron chi connectivity index (χ0n) is 12.6. The lowest BCUT2D eigenvalue weighted by Gasteiger charge is -2.10. The zero-order valence-corrected chi connectivity index (χ0v) is 12.6. The average molecular weight is 297 g/mol. The first-order valence-corrected chi connectivity index (χ1v) is 7.36. The first-order valence-electron chi connectivity index (χ1n) is 7.36. The molecule has 0 saturated heterocycles. The summed E-state index contributed by atoms with van der Waals surface area (Å²) in [6.45, 7) is 0.856. The summed E-state index contributed by atoms with van der Waals surface area (Å²) in [5.74, 6) is 1.79. The molecule has 3 aromatic rings. The molecule has 2 aromatic heterocycles. The van der Waals surface area contributed by atoms with E-state index in [1.165, 1.54) is 0 Å². The molecule has 114 valence electrons. The number of benzene rings is 1. The van der Waals surface area contributed by atoms with E-state index in [1.54, 1.807) is 13.3 Å². The fourth-order valence-electron chi connectivity index (χ4n) is 2.62. The number of aromatic nitrogens is 3. The number of methoxy groups -OCH3 is 1. The van der Waals surface area contributed by atoms with E-state index < -0.39 is 0 Å². The van der Waals surface area contributed by atoms with E-state index in [4.69, 9.17) is 14.8 Å². The van der Waals surface area contributed by atoms with E-state index in [1.807, 2.05) is 36.4 Å². The summed E-state index contributed by atoms with van der Waals surface area (Å²) in [5.41, 5.74) is 2.83. The molecule has 0 fully saturated rings. The van der Waals surface area contributed by atoms with Crippen molar-refractivity contribution < 1.29 is 9.84 Å². The third-order valence-electron chi connectivity index (χ3n) is 3.66. The first kappa shape index (κ1) is 14.5. The van der Waals surface area contributed by atoms with Crippen LogP contribution in [-0.4, -0.2) is 33.4 Å². The maximum atomic E-state index is 9.13. The second kappa shape index (κ2) is 6.58. The number of rotatable bonds is 6. The fourth-order valence-corrected chi connectivity index (χ4v) is 2.62. The maximum Gasteiger partial charge on any atom is 0.159 e. The number of hydrogen-bond acceptors (Lipinski definition) is 4. The summed E-state index contributed by atoms with van der Waals surface area (Å²) < 4.78 is 7.50. The molecular weight excluding hydrogens is 278 g/mol. The molecule has 0 atom stereocenters. The Hall–Kier alpha value is -2.40. The van der Waals surface area contributed by atoms with Gasteiger partial charge in [0.1, 0.15) is 17.1 Å². The highest BCUT2D eigenvalue weighted by molar-refractivity contribution is 5.71. The monoisotopic (exact) mass is 297 g/mol. The van der Waals surface area contributed by atoms with Gasteiger partial charge in [-0.25, -0.2) is 9.97 Å². The van der Waals surface area contributed by atoms with E-state index >= 15 is 0 Å². The van der Waals surface area contributed by atoms with Crippen molar-refractivity contribution in [3.63, 3.8) is 0 Å². The number of aliphatic hydroxyl groups excluding tert-OH is 1. The van der Waals surface area contributed by atoms with E-state index in [-0.39, 0.29) is 6.61 Å². The number of fused-ring (bicyclic) bond motifs is 1. The number of imidazole rings is 1. The summed E-state index contributed by atoms with van der Waals surface area (Å²) in [4.78, 5) is 9.13. The molecule has 0 spiro atoms. The van der Waals surface area contributed by atoms with Gasteiger partial charge in [0.05, 0.1) is 7.11 Å². The molecule has 22 heavy (non-hydrogen) atoms. The molecule has 5 nitrogen and oxygen atoms in total. The van der Waals surface area contributed by atoms with Crippen LogP contribution in [0.5, 0.6) is 5.75 Å². The van der Waals surface area contributed by atoms with Gasteiger partial charge < -0.3 is 14.4 Å². The number of aliphatic hydroxyl groups is 1. The lowest BCUT2D eigenvalue weighted by atomic mass is 10.1. The van der Waals surface area contributed by atoms with Crippen LogP contribution < -0.4 is 4.74 Å². The van der Waals surface area contributed by atoms with Crippen LogP contribution in [0.25, 0.3) is 11.2 Å². The molecule has 0 unspecified atom stereocenters. The topological polar surface area (TPSA) is 60.2 Å². The summed E-state index contributed by atoms with van der Waals surface area (Å²) in [7, 11) is 1.68. The lowest BCUT2D eigenvalue weighted by Crippen LogP contribution is -2.07. The Morgan fingerprint density at radius 1 is 1.18 bits per heavy atom. The Morgan fingerprint density at radius 2 is 2.05 bits per heavy atom. The number of para-hydroxylation sites is 1. The van der Waals surface area contributed by atoms with Crippen LogP contribution >= 0.6 is 0 Å². The Morgan fingerprint density at radius 3 is 2.86 bits per heavy atom. The quantitative estimate of drug-likeness (QED) is 0.759. The molecule has 5 heteroatoms. The van der Waals surface area contributed by atoms with Gasteiger partial charge in [0.2, 0.25) is 0 Å². The summed E-state index contributed by atoms with van der Waals surface area (Å²) in [5, 5.41) is 9.13.